The Kier molecular flexibility index (Phi) is 2.73. The van der Waals surface area contributed by atoms with Crippen LogP contribution in [-0.4, -0.2) is 29.3 Å². The molecule has 0 unspecified atom stereocenters. The fourth-order valence-electron chi connectivity index (χ4n) is 1.54. The molecule has 0 bridgehead atoms. The highest BCUT2D eigenvalue weighted by Crippen LogP contribution is 2.17. The van der Waals surface area contributed by atoms with Gasteiger partial charge in [0.25, 0.3) is 0 Å². The average Bonchev–Trinajstić information content (AvgIpc) is 2.57. The minimum absolute atomic E-state index is 0.168. The Hall–Kier alpha value is -1.36. The van der Waals surface area contributed by atoms with Crippen LogP contribution in [0.15, 0.2) is 23.0 Å². The average molecular weight is 223 g/mol. The second-order valence-corrected chi connectivity index (χ2v) is 3.90. The molecule has 1 aromatic heterocycles. The van der Waals surface area contributed by atoms with E-state index < -0.39 is 0 Å². The summed E-state index contributed by atoms with van der Waals surface area (Å²) in [7, 11) is 2.00. The summed E-state index contributed by atoms with van der Waals surface area (Å²) in [4.78, 5) is 18.6. The first-order chi connectivity index (χ1) is 7.20. The van der Waals surface area contributed by atoms with Gasteiger partial charge in [-0.25, -0.2) is 4.79 Å². The third kappa shape index (κ3) is 2.02. The lowest BCUT2D eigenvalue weighted by Crippen LogP contribution is -2.19. The molecule has 2 rings (SSSR count). The fraction of sp³-hybridized carbons (Fsp3) is 0.300. The molecule has 0 amide bonds. The molecule has 0 atom stereocenters. The van der Waals surface area contributed by atoms with Gasteiger partial charge >= 0.3 is 5.69 Å². The molecule has 80 valence electrons. The molecule has 2 aromatic rings. The molecule has 0 saturated heterocycles. The van der Waals surface area contributed by atoms with E-state index in [0.717, 1.165) is 29.0 Å². The molecule has 15 heavy (non-hydrogen) atoms. The van der Waals surface area contributed by atoms with Crippen LogP contribution in [0.3, 0.4) is 0 Å². The summed E-state index contributed by atoms with van der Waals surface area (Å²) >= 11 is 4.18. The van der Waals surface area contributed by atoms with Crippen LogP contribution in [0.25, 0.3) is 11.0 Å². The van der Waals surface area contributed by atoms with Crippen molar-refractivity contribution < 1.29 is 0 Å². The number of H-pyrrole nitrogens is 2. The van der Waals surface area contributed by atoms with Crippen molar-refractivity contribution in [3.63, 3.8) is 0 Å². The van der Waals surface area contributed by atoms with Crippen LogP contribution < -0.4 is 10.6 Å². The van der Waals surface area contributed by atoms with E-state index in [-0.39, 0.29) is 5.69 Å². The summed E-state index contributed by atoms with van der Waals surface area (Å²) in [5.74, 6) is 0.804. The van der Waals surface area contributed by atoms with Gasteiger partial charge in [0.1, 0.15) is 0 Å². The van der Waals surface area contributed by atoms with Gasteiger partial charge in [-0.2, -0.15) is 12.6 Å². The van der Waals surface area contributed by atoms with E-state index in [1.54, 1.807) is 0 Å². The smallest absolute Gasteiger partial charge is 0.323 e. The number of imidazole rings is 1. The van der Waals surface area contributed by atoms with Gasteiger partial charge in [-0.1, -0.05) is 0 Å². The summed E-state index contributed by atoms with van der Waals surface area (Å²) in [6, 6.07) is 5.84. The van der Waals surface area contributed by atoms with E-state index >= 15 is 0 Å². The molecule has 0 fully saturated rings. The lowest BCUT2D eigenvalue weighted by Gasteiger charge is -2.17. The van der Waals surface area contributed by atoms with Crippen LogP contribution >= 0.6 is 12.6 Å². The summed E-state index contributed by atoms with van der Waals surface area (Å²) < 4.78 is 0. The number of hydrogen-bond donors (Lipinski definition) is 3. The van der Waals surface area contributed by atoms with Gasteiger partial charge in [0.15, 0.2) is 0 Å². The van der Waals surface area contributed by atoms with Crippen molar-refractivity contribution in [3.8, 4) is 0 Å². The molecule has 0 radical (unpaired) electrons. The standard InChI is InChI=1S/C10H13N3OS/c1-13(4-5-15)7-2-3-8-9(6-7)12-10(14)11-8/h2-3,6,15H,4-5H2,1H3,(H2,11,12,14). The molecule has 2 N–H and O–H groups in total. The van der Waals surface area contributed by atoms with Crippen molar-refractivity contribution in [2.24, 2.45) is 0 Å². The molecule has 0 saturated carbocycles. The Morgan fingerprint density at radius 2 is 2.07 bits per heavy atom. The van der Waals surface area contributed by atoms with Crippen LogP contribution in [0.5, 0.6) is 0 Å². The number of nitrogens with one attached hydrogen (secondary N) is 2. The van der Waals surface area contributed by atoms with E-state index in [2.05, 4.69) is 27.5 Å². The molecule has 0 aliphatic heterocycles. The first-order valence-corrected chi connectivity index (χ1v) is 5.38. The van der Waals surface area contributed by atoms with Gasteiger partial charge in [-0.05, 0) is 18.2 Å². The zero-order valence-electron chi connectivity index (χ0n) is 8.45. The third-order valence-corrected chi connectivity index (χ3v) is 2.58. The minimum atomic E-state index is -0.168. The van der Waals surface area contributed by atoms with Crippen molar-refractivity contribution in [1.29, 1.82) is 0 Å². The van der Waals surface area contributed by atoms with Crippen LogP contribution in [-0.2, 0) is 0 Å². The zero-order chi connectivity index (χ0) is 10.8. The quantitative estimate of drug-likeness (QED) is 0.685. The monoisotopic (exact) mass is 223 g/mol. The van der Waals surface area contributed by atoms with Gasteiger partial charge in [0.2, 0.25) is 0 Å². The number of aromatic nitrogens is 2. The van der Waals surface area contributed by atoms with E-state index in [1.807, 2.05) is 25.2 Å². The van der Waals surface area contributed by atoms with Gasteiger partial charge < -0.3 is 14.9 Å². The van der Waals surface area contributed by atoms with Gasteiger partial charge in [-0.15, -0.1) is 0 Å². The second kappa shape index (κ2) is 4.02. The Morgan fingerprint density at radius 1 is 1.33 bits per heavy atom. The summed E-state index contributed by atoms with van der Waals surface area (Å²) in [6.45, 7) is 0.878. The molecular weight excluding hydrogens is 210 g/mol. The van der Waals surface area contributed by atoms with E-state index in [4.69, 9.17) is 0 Å². The van der Waals surface area contributed by atoms with Crippen molar-refractivity contribution in [1.82, 2.24) is 9.97 Å². The first-order valence-electron chi connectivity index (χ1n) is 4.75. The Balaban J connectivity index is 2.41. The summed E-state index contributed by atoms with van der Waals surface area (Å²) in [5.41, 5.74) is 2.58. The third-order valence-electron chi connectivity index (χ3n) is 2.38. The summed E-state index contributed by atoms with van der Waals surface area (Å²) in [6.07, 6.45) is 0. The van der Waals surface area contributed by atoms with Gasteiger partial charge in [-0.3, -0.25) is 0 Å². The number of anilines is 1. The van der Waals surface area contributed by atoms with Crippen LogP contribution in [0.4, 0.5) is 5.69 Å². The highest BCUT2D eigenvalue weighted by molar-refractivity contribution is 7.80. The summed E-state index contributed by atoms with van der Waals surface area (Å²) in [5, 5.41) is 0. The lowest BCUT2D eigenvalue weighted by molar-refractivity contribution is 0.981. The predicted molar refractivity (Wildman–Crippen MR) is 66.0 cm³/mol. The maximum absolute atomic E-state index is 11.1. The Morgan fingerprint density at radius 3 is 2.80 bits per heavy atom. The van der Waals surface area contributed by atoms with Crippen LogP contribution in [0, 0.1) is 0 Å². The van der Waals surface area contributed by atoms with Crippen molar-refractivity contribution in [2.45, 2.75) is 0 Å². The topological polar surface area (TPSA) is 51.9 Å². The van der Waals surface area contributed by atoms with E-state index in [0.29, 0.717) is 0 Å². The van der Waals surface area contributed by atoms with Gasteiger partial charge in [0.05, 0.1) is 11.0 Å². The highest BCUT2D eigenvalue weighted by Gasteiger charge is 2.02. The number of fused-ring (bicyclic) bond motifs is 1. The molecule has 1 aromatic carbocycles. The largest absolute Gasteiger partial charge is 0.374 e. The molecule has 0 aliphatic carbocycles. The lowest BCUT2D eigenvalue weighted by atomic mass is 10.2. The normalized spacial score (nSPS) is 10.8. The van der Waals surface area contributed by atoms with Crippen molar-refractivity contribution >= 4 is 29.3 Å². The van der Waals surface area contributed by atoms with E-state index in [9.17, 15) is 4.79 Å². The molecule has 5 heteroatoms. The molecule has 0 aliphatic rings. The number of benzene rings is 1. The molecular formula is C10H13N3OS. The maximum atomic E-state index is 11.1. The fourth-order valence-corrected chi connectivity index (χ4v) is 1.84. The SMILES string of the molecule is CN(CCS)c1ccc2[nH]c(=O)[nH]c2c1. The van der Waals surface area contributed by atoms with Crippen molar-refractivity contribution in [3.05, 3.63) is 28.7 Å². The number of thiol groups is 1. The van der Waals surface area contributed by atoms with Crippen LogP contribution in [0.1, 0.15) is 0 Å². The zero-order valence-corrected chi connectivity index (χ0v) is 9.34. The maximum Gasteiger partial charge on any atom is 0.323 e. The van der Waals surface area contributed by atoms with Crippen molar-refractivity contribution in [2.75, 3.05) is 24.2 Å². The number of nitrogens with zero attached hydrogens (tertiary/aromatic N) is 1. The van der Waals surface area contributed by atoms with E-state index in [1.165, 1.54) is 0 Å². The number of aromatic amines is 2. The first kappa shape index (κ1) is 10.2. The molecule has 0 spiro atoms. The predicted octanol–water partition coefficient (Wildman–Crippen LogP) is 1.22. The number of hydrogen-bond acceptors (Lipinski definition) is 3. The second-order valence-electron chi connectivity index (χ2n) is 3.45. The van der Waals surface area contributed by atoms with Gasteiger partial charge in [0, 0.05) is 25.0 Å². The molecule has 4 nitrogen and oxygen atoms in total. The minimum Gasteiger partial charge on any atom is -0.374 e. The Bertz CT molecular complexity index is 517. The highest BCUT2D eigenvalue weighted by atomic mass is 32.1. The molecule has 1 heterocycles. The number of rotatable bonds is 3. The Labute approximate surface area is 92.7 Å². The van der Waals surface area contributed by atoms with Crippen LogP contribution in [0.2, 0.25) is 0 Å².